The maximum Gasteiger partial charge on any atom is 0.336 e. The van der Waals surface area contributed by atoms with Gasteiger partial charge in [0.2, 0.25) is 0 Å². The van der Waals surface area contributed by atoms with Gasteiger partial charge in [-0.05, 0) is 59.3 Å². The minimum atomic E-state index is -0.599. The number of hydrogen-bond acceptors (Lipinski definition) is 6. The van der Waals surface area contributed by atoms with E-state index in [4.69, 9.17) is 9.47 Å². The van der Waals surface area contributed by atoms with Crippen LogP contribution in [0.2, 0.25) is 0 Å². The monoisotopic (exact) mass is 463 g/mol. The Balaban J connectivity index is 2.25. The molecule has 2 N–H and O–H groups in total. The Morgan fingerprint density at radius 3 is 2.66 bits per heavy atom. The summed E-state index contributed by atoms with van der Waals surface area (Å²) in [6, 6.07) is 3.41. The number of carbonyl (C=O) groups is 2. The maximum atomic E-state index is 13.2. The molecular weight excluding hydrogens is 438 g/mol. The van der Waals surface area contributed by atoms with Crippen molar-refractivity contribution in [3.8, 4) is 11.5 Å². The molecule has 2 aliphatic rings. The average Bonchev–Trinajstić information content (AvgIpc) is 2.62. The number of halogens is 1. The lowest BCUT2D eigenvalue weighted by atomic mass is 9.68. The average molecular weight is 464 g/mol. The molecule has 1 atom stereocenters. The summed E-state index contributed by atoms with van der Waals surface area (Å²) >= 11 is 3.37. The Bertz CT molecular complexity index is 945. The highest BCUT2D eigenvalue weighted by Gasteiger charge is 2.43. The number of phenols is 1. The van der Waals surface area contributed by atoms with E-state index in [0.29, 0.717) is 52.1 Å². The van der Waals surface area contributed by atoms with Gasteiger partial charge in [0.15, 0.2) is 17.3 Å². The molecule has 1 unspecified atom stereocenters. The molecule has 0 amide bonds. The second kappa shape index (κ2) is 7.86. The second-order valence-electron chi connectivity index (χ2n) is 8.20. The van der Waals surface area contributed by atoms with Gasteiger partial charge in [0.25, 0.3) is 0 Å². The van der Waals surface area contributed by atoms with Gasteiger partial charge in [0.1, 0.15) is 0 Å². The SMILES string of the molecule is CCOc1cc(C2C(C(=O)OC)=C(C)NC3=C2C(=O)CC(C)(C)C3)cc(Br)c1O. The molecule has 1 aliphatic carbocycles. The van der Waals surface area contributed by atoms with Crippen LogP contribution in [0.25, 0.3) is 0 Å². The van der Waals surface area contributed by atoms with Crippen molar-refractivity contribution in [3.63, 3.8) is 0 Å². The zero-order chi connectivity index (χ0) is 21.5. The summed E-state index contributed by atoms with van der Waals surface area (Å²) in [6.45, 7) is 8.13. The first kappa shape index (κ1) is 21.4. The predicted octanol–water partition coefficient (Wildman–Crippen LogP) is 4.33. The van der Waals surface area contributed by atoms with E-state index in [-0.39, 0.29) is 16.9 Å². The van der Waals surface area contributed by atoms with Crippen LogP contribution in [0.15, 0.2) is 39.1 Å². The van der Waals surface area contributed by atoms with Gasteiger partial charge in [0, 0.05) is 29.3 Å². The van der Waals surface area contributed by atoms with Crippen LogP contribution in [-0.2, 0) is 14.3 Å². The minimum Gasteiger partial charge on any atom is -0.503 e. The number of phenolic OH excluding ortho intramolecular Hbond substituents is 1. The number of nitrogens with one attached hydrogen (secondary N) is 1. The maximum absolute atomic E-state index is 13.2. The molecule has 1 heterocycles. The normalized spacial score (nSPS) is 20.9. The van der Waals surface area contributed by atoms with E-state index in [2.05, 4.69) is 35.1 Å². The molecule has 0 spiro atoms. The lowest BCUT2D eigenvalue weighted by molar-refractivity contribution is -0.136. The summed E-state index contributed by atoms with van der Waals surface area (Å²) in [7, 11) is 1.33. The van der Waals surface area contributed by atoms with E-state index in [1.165, 1.54) is 7.11 Å². The van der Waals surface area contributed by atoms with Gasteiger partial charge in [-0.25, -0.2) is 4.79 Å². The zero-order valence-electron chi connectivity index (χ0n) is 17.3. The van der Waals surface area contributed by atoms with Gasteiger partial charge >= 0.3 is 5.97 Å². The number of methoxy groups -OCH3 is 1. The van der Waals surface area contributed by atoms with E-state index in [9.17, 15) is 14.7 Å². The van der Waals surface area contributed by atoms with E-state index in [1.54, 1.807) is 12.1 Å². The standard InChI is InChI=1S/C22H26BrNO5/c1-6-29-16-8-12(7-13(23)20(16)26)18-17(21(27)28-5)11(2)24-14-9-22(3,4)10-15(25)19(14)18/h7-8,18,24,26H,6,9-10H2,1-5H3. The van der Waals surface area contributed by atoms with Crippen molar-refractivity contribution in [1.29, 1.82) is 0 Å². The molecule has 29 heavy (non-hydrogen) atoms. The third-order valence-corrected chi connectivity index (χ3v) is 5.93. The lowest BCUT2D eigenvalue weighted by Gasteiger charge is -2.39. The highest BCUT2D eigenvalue weighted by Crippen LogP contribution is 2.48. The number of Topliss-reactive ketones (excluding diaryl/α,β-unsaturated/α-hetero) is 1. The molecule has 156 valence electrons. The zero-order valence-corrected chi connectivity index (χ0v) is 18.9. The first-order valence-electron chi connectivity index (χ1n) is 9.57. The Kier molecular flexibility index (Phi) is 5.81. The molecule has 0 saturated carbocycles. The Labute approximate surface area is 179 Å². The summed E-state index contributed by atoms with van der Waals surface area (Å²) in [4.78, 5) is 25.9. The first-order valence-corrected chi connectivity index (χ1v) is 10.4. The number of aromatic hydroxyl groups is 1. The number of dihydropyridines is 1. The molecule has 0 bridgehead atoms. The van der Waals surface area contributed by atoms with Gasteiger partial charge in [-0.15, -0.1) is 0 Å². The molecule has 0 fully saturated rings. The van der Waals surface area contributed by atoms with Gasteiger partial charge < -0.3 is 19.9 Å². The predicted molar refractivity (Wildman–Crippen MR) is 113 cm³/mol. The lowest BCUT2D eigenvalue weighted by Crippen LogP contribution is -2.38. The molecule has 3 rings (SSSR count). The second-order valence-corrected chi connectivity index (χ2v) is 9.06. The van der Waals surface area contributed by atoms with Crippen molar-refractivity contribution in [2.45, 2.75) is 46.5 Å². The van der Waals surface area contributed by atoms with Crippen LogP contribution in [-0.4, -0.2) is 30.6 Å². The van der Waals surface area contributed by atoms with Crippen LogP contribution in [0, 0.1) is 5.41 Å². The number of ether oxygens (including phenoxy) is 2. The van der Waals surface area contributed by atoms with Crippen LogP contribution in [0.1, 0.15) is 52.0 Å². The van der Waals surface area contributed by atoms with E-state index in [1.807, 2.05) is 13.8 Å². The van der Waals surface area contributed by atoms with Crippen LogP contribution in [0.3, 0.4) is 0 Å². The summed E-state index contributed by atoms with van der Waals surface area (Å²) in [6.07, 6.45) is 1.10. The molecule has 0 aromatic heterocycles. The van der Waals surface area contributed by atoms with Crippen molar-refractivity contribution >= 4 is 27.7 Å². The highest BCUT2D eigenvalue weighted by atomic mass is 79.9. The van der Waals surface area contributed by atoms with Crippen molar-refractivity contribution < 1.29 is 24.2 Å². The number of allylic oxidation sites excluding steroid dienone is 3. The number of ketones is 1. The summed E-state index contributed by atoms with van der Waals surface area (Å²) in [5.74, 6) is -0.812. The molecule has 1 aliphatic heterocycles. The molecule has 1 aromatic rings. The third kappa shape index (κ3) is 3.92. The summed E-state index contributed by atoms with van der Waals surface area (Å²) < 4.78 is 11.0. The Morgan fingerprint density at radius 1 is 1.34 bits per heavy atom. The number of carbonyl (C=O) groups excluding carboxylic acids is 2. The van der Waals surface area contributed by atoms with Gasteiger partial charge in [-0.3, -0.25) is 4.79 Å². The van der Waals surface area contributed by atoms with Crippen LogP contribution >= 0.6 is 15.9 Å². The topological polar surface area (TPSA) is 84.9 Å². The van der Waals surface area contributed by atoms with Crippen molar-refractivity contribution in [2.24, 2.45) is 5.41 Å². The van der Waals surface area contributed by atoms with Crippen LogP contribution < -0.4 is 10.1 Å². The van der Waals surface area contributed by atoms with E-state index < -0.39 is 11.9 Å². The fourth-order valence-corrected chi connectivity index (χ4v) is 4.64. The molecule has 7 heteroatoms. The van der Waals surface area contributed by atoms with Gasteiger partial charge in [-0.1, -0.05) is 13.8 Å². The number of rotatable bonds is 4. The first-order chi connectivity index (χ1) is 13.6. The summed E-state index contributed by atoms with van der Waals surface area (Å²) in [5.41, 5.74) is 2.98. The number of esters is 1. The van der Waals surface area contributed by atoms with E-state index >= 15 is 0 Å². The molecule has 0 saturated heterocycles. The Hall–Kier alpha value is -2.28. The third-order valence-electron chi connectivity index (χ3n) is 5.33. The van der Waals surface area contributed by atoms with Crippen molar-refractivity contribution in [1.82, 2.24) is 5.32 Å². The summed E-state index contributed by atoms with van der Waals surface area (Å²) in [5, 5.41) is 13.6. The van der Waals surface area contributed by atoms with Gasteiger partial charge in [0.05, 0.1) is 23.8 Å². The Morgan fingerprint density at radius 2 is 2.03 bits per heavy atom. The van der Waals surface area contributed by atoms with Crippen LogP contribution in [0.4, 0.5) is 0 Å². The quantitative estimate of drug-likeness (QED) is 0.646. The van der Waals surface area contributed by atoms with Crippen molar-refractivity contribution in [2.75, 3.05) is 13.7 Å². The molecule has 1 aromatic carbocycles. The largest absolute Gasteiger partial charge is 0.503 e. The van der Waals surface area contributed by atoms with E-state index in [0.717, 1.165) is 5.70 Å². The smallest absolute Gasteiger partial charge is 0.336 e. The van der Waals surface area contributed by atoms with Crippen LogP contribution in [0.5, 0.6) is 11.5 Å². The number of hydrogen-bond donors (Lipinski definition) is 2. The fraction of sp³-hybridized carbons (Fsp3) is 0.455. The fourth-order valence-electron chi connectivity index (χ4n) is 4.18. The van der Waals surface area contributed by atoms with Gasteiger partial charge in [-0.2, -0.15) is 0 Å². The van der Waals surface area contributed by atoms with Crippen molar-refractivity contribution in [3.05, 3.63) is 44.7 Å². The molecule has 0 radical (unpaired) electrons. The highest BCUT2D eigenvalue weighted by molar-refractivity contribution is 9.10. The minimum absolute atomic E-state index is 0.00445. The molecular formula is C22H26BrNO5. The molecule has 6 nitrogen and oxygen atoms in total. The number of benzene rings is 1.